The molecular formula is C8H10N2O4S. The Morgan fingerprint density at radius 3 is 2.53 bits per heavy atom. The zero-order valence-corrected chi connectivity index (χ0v) is 8.74. The van der Waals surface area contributed by atoms with Crippen LogP contribution in [-0.4, -0.2) is 32.3 Å². The van der Waals surface area contributed by atoms with Gasteiger partial charge in [0.15, 0.2) is 0 Å². The average molecular weight is 230 g/mol. The molecule has 6 nitrogen and oxygen atoms in total. The van der Waals surface area contributed by atoms with Crippen LogP contribution in [-0.2, 0) is 19.8 Å². The molecule has 1 amide bonds. The highest BCUT2D eigenvalue weighted by atomic mass is 32.2. The first-order valence-corrected chi connectivity index (χ1v) is 5.04. The molecule has 1 aliphatic rings. The summed E-state index contributed by atoms with van der Waals surface area (Å²) in [5.41, 5.74) is 10.6. The quantitative estimate of drug-likeness (QED) is 0.550. The monoisotopic (exact) mass is 230 g/mol. The highest BCUT2D eigenvalue weighted by Gasteiger charge is 2.23. The summed E-state index contributed by atoms with van der Waals surface area (Å²) < 4.78 is 26.3. The molecular weight excluding hydrogens is 220 g/mol. The fourth-order valence-electron chi connectivity index (χ4n) is 1.17. The van der Waals surface area contributed by atoms with Crippen molar-refractivity contribution in [2.45, 2.75) is 6.04 Å². The predicted octanol–water partition coefficient (Wildman–Crippen LogP) is -1.68. The van der Waals surface area contributed by atoms with Crippen LogP contribution in [0, 0.1) is 0 Å². The SMILES string of the molecule is COC1=CC(N)C(=S(=O)=O)C=C1C(N)=O. The van der Waals surface area contributed by atoms with E-state index < -0.39 is 22.2 Å². The molecule has 4 N–H and O–H groups in total. The van der Waals surface area contributed by atoms with E-state index in [9.17, 15) is 13.2 Å². The molecule has 0 aromatic rings. The summed E-state index contributed by atoms with van der Waals surface area (Å²) in [6.07, 6.45) is 2.44. The van der Waals surface area contributed by atoms with Crippen LogP contribution in [0.15, 0.2) is 23.5 Å². The van der Waals surface area contributed by atoms with E-state index in [1.807, 2.05) is 0 Å². The Morgan fingerprint density at radius 2 is 2.13 bits per heavy atom. The Balaban J connectivity index is 3.35. The maximum Gasteiger partial charge on any atom is 0.252 e. The third-order valence-electron chi connectivity index (χ3n) is 1.89. The van der Waals surface area contributed by atoms with Gasteiger partial charge in [-0.2, -0.15) is 8.42 Å². The van der Waals surface area contributed by atoms with Crippen molar-refractivity contribution in [2.24, 2.45) is 11.5 Å². The van der Waals surface area contributed by atoms with E-state index in [0.717, 1.165) is 6.08 Å². The standard InChI is InChI=1S/C8H10N2O4S/c1-14-6-3-5(9)7(15(12)13)2-4(6)8(10)11/h2-3,5H,9H2,1H3,(H2,10,11). The summed E-state index contributed by atoms with van der Waals surface area (Å²) in [5.74, 6) is -0.581. The molecule has 0 spiro atoms. The van der Waals surface area contributed by atoms with Gasteiger partial charge in [-0.3, -0.25) is 4.79 Å². The Morgan fingerprint density at radius 1 is 1.53 bits per heavy atom. The summed E-state index contributed by atoms with van der Waals surface area (Å²) in [5, 5.41) is 0. The van der Waals surface area contributed by atoms with E-state index >= 15 is 0 Å². The second-order valence-electron chi connectivity index (χ2n) is 2.82. The Kier molecular flexibility index (Phi) is 3.28. The van der Waals surface area contributed by atoms with Crippen molar-refractivity contribution in [3.05, 3.63) is 23.5 Å². The summed E-state index contributed by atoms with van der Waals surface area (Å²) >= 11 is 0. The minimum absolute atomic E-state index is 0.00148. The van der Waals surface area contributed by atoms with Gasteiger partial charge in [0.25, 0.3) is 5.91 Å². The smallest absolute Gasteiger partial charge is 0.252 e. The Bertz CT molecular complexity index is 479. The summed E-state index contributed by atoms with van der Waals surface area (Å²) in [6, 6.07) is -0.818. The lowest BCUT2D eigenvalue weighted by atomic mass is 10.0. The second-order valence-corrected chi connectivity index (χ2v) is 3.76. The van der Waals surface area contributed by atoms with Gasteiger partial charge >= 0.3 is 0 Å². The fourth-order valence-corrected chi connectivity index (χ4v) is 1.68. The lowest BCUT2D eigenvalue weighted by molar-refractivity contribution is -0.114. The first-order valence-electron chi connectivity index (χ1n) is 3.96. The summed E-state index contributed by atoms with van der Waals surface area (Å²) in [4.78, 5) is 10.9. The van der Waals surface area contributed by atoms with E-state index in [1.54, 1.807) is 0 Å². The molecule has 1 rings (SSSR count). The fraction of sp³-hybridized carbons (Fsp3) is 0.250. The first kappa shape index (κ1) is 11.5. The highest BCUT2D eigenvalue weighted by Crippen LogP contribution is 2.16. The normalized spacial score (nSPS) is 20.4. The molecule has 0 aliphatic heterocycles. The molecule has 1 unspecified atom stereocenters. The first-order chi connectivity index (χ1) is 6.97. The maximum atomic E-state index is 11.0. The highest BCUT2D eigenvalue weighted by molar-refractivity contribution is 7.73. The number of rotatable bonds is 2. The minimum atomic E-state index is -2.48. The third kappa shape index (κ3) is 2.25. The van der Waals surface area contributed by atoms with Crippen molar-refractivity contribution < 1.29 is 17.9 Å². The number of carbonyl (C=O) groups is 1. The van der Waals surface area contributed by atoms with Crippen LogP contribution in [0.2, 0.25) is 0 Å². The number of hydrogen-bond donors (Lipinski definition) is 2. The number of carbonyl (C=O) groups excluding carboxylic acids is 1. The van der Waals surface area contributed by atoms with Crippen molar-refractivity contribution in [3.8, 4) is 0 Å². The molecule has 0 saturated heterocycles. The average Bonchev–Trinajstić information content (AvgIpc) is 2.16. The molecule has 0 aromatic heterocycles. The van der Waals surface area contributed by atoms with Crippen molar-refractivity contribution in [1.29, 1.82) is 0 Å². The second kappa shape index (κ2) is 4.28. The van der Waals surface area contributed by atoms with Gasteiger partial charge in [0, 0.05) is 0 Å². The summed E-state index contributed by atoms with van der Waals surface area (Å²) in [6.45, 7) is 0. The Labute approximate surface area is 87.7 Å². The van der Waals surface area contributed by atoms with Crippen LogP contribution in [0.1, 0.15) is 0 Å². The van der Waals surface area contributed by atoms with Crippen LogP contribution < -0.4 is 11.5 Å². The van der Waals surface area contributed by atoms with Gasteiger partial charge in [-0.25, -0.2) is 0 Å². The van der Waals surface area contributed by atoms with Crippen LogP contribution in [0.4, 0.5) is 0 Å². The van der Waals surface area contributed by atoms with Crippen molar-refractivity contribution in [2.75, 3.05) is 7.11 Å². The summed E-state index contributed by atoms with van der Waals surface area (Å²) in [7, 11) is -1.14. The molecule has 1 atom stereocenters. The van der Waals surface area contributed by atoms with Crippen molar-refractivity contribution >= 4 is 21.1 Å². The van der Waals surface area contributed by atoms with Gasteiger partial charge in [-0.1, -0.05) is 0 Å². The van der Waals surface area contributed by atoms with Gasteiger partial charge in [-0.15, -0.1) is 0 Å². The number of amides is 1. The number of hydrogen-bond acceptors (Lipinski definition) is 5. The topological polar surface area (TPSA) is 112 Å². The van der Waals surface area contributed by atoms with E-state index in [1.165, 1.54) is 13.2 Å². The molecule has 82 valence electrons. The Hall–Kier alpha value is -1.60. The van der Waals surface area contributed by atoms with Gasteiger partial charge in [0.05, 0.1) is 23.6 Å². The zero-order chi connectivity index (χ0) is 11.6. The number of methoxy groups -OCH3 is 1. The molecule has 0 aromatic carbocycles. The molecule has 7 heteroatoms. The predicted molar refractivity (Wildman–Crippen MR) is 54.3 cm³/mol. The molecule has 0 fully saturated rings. The molecule has 15 heavy (non-hydrogen) atoms. The number of primary amides is 1. The van der Waals surface area contributed by atoms with Crippen LogP contribution in [0.3, 0.4) is 0 Å². The van der Waals surface area contributed by atoms with Gasteiger partial charge in [0.1, 0.15) is 5.76 Å². The minimum Gasteiger partial charge on any atom is -0.496 e. The molecule has 0 saturated carbocycles. The van der Waals surface area contributed by atoms with E-state index in [-0.39, 0.29) is 16.2 Å². The number of nitrogens with two attached hydrogens (primary N) is 2. The maximum absolute atomic E-state index is 11.0. The van der Waals surface area contributed by atoms with Gasteiger partial charge in [0.2, 0.25) is 10.3 Å². The molecule has 0 radical (unpaired) electrons. The van der Waals surface area contributed by atoms with Gasteiger partial charge in [-0.05, 0) is 12.2 Å². The van der Waals surface area contributed by atoms with E-state index in [4.69, 9.17) is 16.2 Å². The largest absolute Gasteiger partial charge is 0.496 e. The molecule has 0 heterocycles. The third-order valence-corrected chi connectivity index (χ3v) is 2.66. The molecule has 0 bridgehead atoms. The number of ether oxygens (including phenoxy) is 1. The van der Waals surface area contributed by atoms with Gasteiger partial charge < -0.3 is 16.2 Å². The lowest BCUT2D eigenvalue weighted by Crippen LogP contribution is -2.33. The lowest BCUT2D eigenvalue weighted by Gasteiger charge is -2.16. The van der Waals surface area contributed by atoms with Crippen LogP contribution >= 0.6 is 0 Å². The van der Waals surface area contributed by atoms with E-state index in [2.05, 4.69) is 0 Å². The van der Waals surface area contributed by atoms with E-state index in [0.29, 0.717) is 0 Å². The van der Waals surface area contributed by atoms with Crippen LogP contribution in [0.5, 0.6) is 0 Å². The van der Waals surface area contributed by atoms with Crippen molar-refractivity contribution in [3.63, 3.8) is 0 Å². The van der Waals surface area contributed by atoms with Crippen molar-refractivity contribution in [1.82, 2.24) is 0 Å². The zero-order valence-electron chi connectivity index (χ0n) is 7.93. The van der Waals surface area contributed by atoms with Crippen LogP contribution in [0.25, 0.3) is 0 Å². The molecule has 1 aliphatic carbocycles.